The van der Waals surface area contributed by atoms with Crippen LogP contribution in [0.2, 0.25) is 0 Å². The van der Waals surface area contributed by atoms with E-state index in [1.165, 1.54) is 0 Å². The molecule has 0 fully saturated rings. The Hall–Kier alpha value is 0.671. The van der Waals surface area contributed by atoms with Crippen LogP contribution in [-0.2, 0) is 11.2 Å². The molecule has 0 aliphatic rings. The Kier molecular flexibility index (Phi) is 8.23. The van der Waals surface area contributed by atoms with Crippen molar-refractivity contribution in [1.29, 1.82) is 0 Å². The van der Waals surface area contributed by atoms with Crippen molar-refractivity contribution in [1.82, 2.24) is 0 Å². The maximum absolute atomic E-state index is 12.4. The molecular weight excluding hydrogens is 243 g/mol. The predicted molar refractivity (Wildman–Crippen MR) is 54.6 cm³/mol. The van der Waals surface area contributed by atoms with Gasteiger partial charge in [-0.25, -0.2) is 0 Å². The molecule has 0 heterocycles. The summed E-state index contributed by atoms with van der Waals surface area (Å²) in [5.41, 5.74) is 0.902. The molecule has 0 aromatic heterocycles. The minimum Gasteiger partial charge on any atom is -0.447 e. The standard InChI is InChI=1S/C10H13BF3O.K/c1-15-10(11(12,13)14)8-7-9-5-3-2-4-6-9;/h2-6,10H,7-8H2,1H3;/q-1;+1. The fourth-order valence-electron chi connectivity index (χ4n) is 1.41. The molecule has 1 aromatic carbocycles. The van der Waals surface area contributed by atoms with E-state index in [0.717, 1.165) is 12.7 Å². The zero-order chi connectivity index (χ0) is 11.3. The van der Waals surface area contributed by atoms with Gasteiger partial charge in [0.25, 0.3) is 0 Å². The fraction of sp³-hybridized carbons (Fsp3) is 0.400. The fourth-order valence-corrected chi connectivity index (χ4v) is 1.41. The third-order valence-corrected chi connectivity index (χ3v) is 2.28. The number of aryl methyl sites for hydroxylation is 1. The van der Waals surface area contributed by atoms with Crippen LogP contribution in [0.25, 0.3) is 0 Å². The molecule has 0 radical (unpaired) electrons. The smallest absolute Gasteiger partial charge is 0.447 e. The van der Waals surface area contributed by atoms with Crippen LogP contribution >= 0.6 is 0 Å². The zero-order valence-electron chi connectivity index (χ0n) is 9.50. The van der Waals surface area contributed by atoms with E-state index in [-0.39, 0.29) is 57.8 Å². The van der Waals surface area contributed by atoms with E-state index in [9.17, 15) is 12.9 Å². The van der Waals surface area contributed by atoms with E-state index in [1.807, 2.05) is 30.3 Å². The van der Waals surface area contributed by atoms with Crippen molar-refractivity contribution in [3.8, 4) is 0 Å². The summed E-state index contributed by atoms with van der Waals surface area (Å²) in [5.74, 6) is 0. The van der Waals surface area contributed by atoms with Gasteiger partial charge in [0, 0.05) is 13.1 Å². The van der Waals surface area contributed by atoms with Gasteiger partial charge in [-0.05, 0) is 18.4 Å². The summed E-state index contributed by atoms with van der Waals surface area (Å²) in [6, 6.07) is 7.49. The summed E-state index contributed by atoms with van der Waals surface area (Å²) < 4.78 is 41.5. The predicted octanol–water partition coefficient (Wildman–Crippen LogP) is 0.0248. The average molecular weight is 256 g/mol. The van der Waals surface area contributed by atoms with E-state index < -0.39 is 13.0 Å². The molecule has 0 N–H and O–H groups in total. The van der Waals surface area contributed by atoms with Crippen molar-refractivity contribution in [2.45, 2.75) is 18.8 Å². The topological polar surface area (TPSA) is 9.23 Å². The number of hydrogen-bond donors (Lipinski definition) is 0. The van der Waals surface area contributed by atoms with Gasteiger partial charge in [-0.2, -0.15) is 0 Å². The van der Waals surface area contributed by atoms with Crippen molar-refractivity contribution in [3.63, 3.8) is 0 Å². The van der Waals surface area contributed by atoms with Crippen LogP contribution in [0.4, 0.5) is 12.9 Å². The molecule has 1 aromatic rings. The number of halogens is 3. The van der Waals surface area contributed by atoms with Crippen LogP contribution < -0.4 is 51.4 Å². The van der Waals surface area contributed by atoms with Crippen LogP contribution in [0.1, 0.15) is 12.0 Å². The molecule has 0 aliphatic carbocycles. The first-order chi connectivity index (χ1) is 7.04. The summed E-state index contributed by atoms with van der Waals surface area (Å²) in [4.78, 5) is 0. The first-order valence-electron chi connectivity index (χ1n) is 4.80. The Balaban J connectivity index is 0.00000225. The molecule has 0 saturated heterocycles. The second kappa shape index (κ2) is 7.89. The van der Waals surface area contributed by atoms with Gasteiger partial charge in [0.05, 0.1) is 0 Å². The Labute approximate surface area is 136 Å². The Morgan fingerprint density at radius 3 is 2.19 bits per heavy atom. The first-order valence-corrected chi connectivity index (χ1v) is 4.80. The maximum Gasteiger partial charge on any atom is 1.00 e. The van der Waals surface area contributed by atoms with Gasteiger partial charge in [0.15, 0.2) is 0 Å². The number of ether oxygens (including phenoxy) is 1. The second-order valence-corrected chi connectivity index (χ2v) is 3.42. The largest absolute Gasteiger partial charge is 1.00 e. The van der Waals surface area contributed by atoms with E-state index in [1.54, 1.807) is 0 Å². The van der Waals surface area contributed by atoms with Crippen molar-refractivity contribution < 1.29 is 69.1 Å². The molecule has 1 rings (SSSR count). The number of hydrogen-bond acceptors (Lipinski definition) is 1. The summed E-state index contributed by atoms with van der Waals surface area (Å²) in [7, 11) is 1.10. The van der Waals surface area contributed by atoms with Crippen LogP contribution in [0.5, 0.6) is 0 Å². The maximum atomic E-state index is 12.4. The number of benzene rings is 1. The third kappa shape index (κ3) is 5.84. The minimum atomic E-state index is -4.90. The van der Waals surface area contributed by atoms with E-state index in [0.29, 0.717) is 6.42 Å². The van der Waals surface area contributed by atoms with Gasteiger partial charge in [-0.1, -0.05) is 30.3 Å². The molecule has 1 unspecified atom stereocenters. The van der Waals surface area contributed by atoms with Crippen molar-refractivity contribution in [2.24, 2.45) is 0 Å². The summed E-state index contributed by atoms with van der Waals surface area (Å²) in [6.07, 6.45) is 0.380. The van der Waals surface area contributed by atoms with Gasteiger partial charge >= 0.3 is 58.4 Å². The Bertz CT molecular complexity index is 292. The van der Waals surface area contributed by atoms with Crippen LogP contribution in [0.15, 0.2) is 30.3 Å². The van der Waals surface area contributed by atoms with Gasteiger partial charge in [-0.15, -0.1) is 0 Å². The SMILES string of the molecule is COC(CCc1ccccc1)[B-](F)(F)F.[K+]. The van der Waals surface area contributed by atoms with E-state index in [4.69, 9.17) is 0 Å². The van der Waals surface area contributed by atoms with Crippen LogP contribution in [0, 0.1) is 0 Å². The van der Waals surface area contributed by atoms with E-state index >= 15 is 0 Å². The molecule has 0 spiro atoms. The van der Waals surface area contributed by atoms with Crippen LogP contribution in [-0.4, -0.2) is 20.1 Å². The normalized spacial score (nSPS) is 13.0. The van der Waals surface area contributed by atoms with Crippen molar-refractivity contribution >= 4 is 6.98 Å². The molecule has 0 bridgehead atoms. The van der Waals surface area contributed by atoms with Gasteiger partial charge in [0.2, 0.25) is 0 Å². The van der Waals surface area contributed by atoms with Crippen molar-refractivity contribution in [2.75, 3.05) is 7.11 Å². The minimum absolute atomic E-state index is 0. The quantitative estimate of drug-likeness (QED) is 0.675. The van der Waals surface area contributed by atoms with Gasteiger partial charge in [-0.3, -0.25) is 0 Å². The summed E-state index contributed by atoms with van der Waals surface area (Å²) >= 11 is 0. The van der Waals surface area contributed by atoms with Gasteiger partial charge < -0.3 is 17.7 Å². The monoisotopic (exact) mass is 256 g/mol. The molecule has 0 saturated carbocycles. The molecule has 1 nitrogen and oxygen atoms in total. The molecule has 0 amide bonds. The van der Waals surface area contributed by atoms with E-state index in [2.05, 4.69) is 4.74 Å². The zero-order valence-corrected chi connectivity index (χ0v) is 12.6. The molecule has 84 valence electrons. The molecule has 16 heavy (non-hydrogen) atoms. The van der Waals surface area contributed by atoms with Gasteiger partial charge in [0.1, 0.15) is 0 Å². The summed E-state index contributed by atoms with van der Waals surface area (Å²) in [5, 5.41) is 0. The molecular formula is C10H13BF3KO. The number of methoxy groups -OCH3 is 1. The molecule has 0 aliphatic heterocycles. The third-order valence-electron chi connectivity index (χ3n) is 2.28. The summed E-state index contributed by atoms with van der Waals surface area (Å²) in [6.45, 7) is -4.90. The molecule has 1 atom stereocenters. The van der Waals surface area contributed by atoms with Crippen LogP contribution in [0.3, 0.4) is 0 Å². The number of rotatable bonds is 5. The first kappa shape index (κ1) is 16.7. The average Bonchev–Trinajstić information content (AvgIpc) is 2.18. The Morgan fingerprint density at radius 2 is 1.75 bits per heavy atom. The van der Waals surface area contributed by atoms with Crippen molar-refractivity contribution in [3.05, 3.63) is 35.9 Å². The molecule has 6 heteroatoms. The second-order valence-electron chi connectivity index (χ2n) is 3.42. The Morgan fingerprint density at radius 1 is 1.19 bits per heavy atom.